The molecule has 1 amide bonds. The van der Waals surface area contributed by atoms with Gasteiger partial charge in [-0.2, -0.15) is 0 Å². The van der Waals surface area contributed by atoms with Crippen molar-refractivity contribution in [3.05, 3.63) is 35.4 Å². The third kappa shape index (κ3) is 2.54. The Kier molecular flexibility index (Phi) is 3.44. The quantitative estimate of drug-likeness (QED) is 0.854. The summed E-state index contributed by atoms with van der Waals surface area (Å²) in [5, 5.41) is 12.3. The minimum atomic E-state index is -0.788. The van der Waals surface area contributed by atoms with Crippen LogP contribution >= 0.6 is 0 Å². The van der Waals surface area contributed by atoms with Crippen LogP contribution in [0.15, 0.2) is 24.3 Å². The van der Waals surface area contributed by atoms with Crippen molar-refractivity contribution in [1.82, 2.24) is 10.2 Å². The normalized spacial score (nSPS) is 26.1. The van der Waals surface area contributed by atoms with E-state index in [2.05, 4.69) is 5.32 Å². The van der Waals surface area contributed by atoms with Crippen LogP contribution < -0.4 is 5.32 Å². The van der Waals surface area contributed by atoms with Crippen LogP contribution in [0.4, 0.5) is 0 Å². The first-order valence-electron chi connectivity index (χ1n) is 6.96. The van der Waals surface area contributed by atoms with Gasteiger partial charge in [-0.05, 0) is 24.0 Å². The molecule has 20 heavy (non-hydrogen) atoms. The highest BCUT2D eigenvalue weighted by Crippen LogP contribution is 2.24. The van der Waals surface area contributed by atoms with Crippen LogP contribution in [0.3, 0.4) is 0 Å². The fourth-order valence-corrected chi connectivity index (χ4v) is 3.11. The van der Waals surface area contributed by atoms with Crippen molar-refractivity contribution >= 4 is 11.9 Å². The summed E-state index contributed by atoms with van der Waals surface area (Å²) >= 11 is 0. The van der Waals surface area contributed by atoms with Gasteiger partial charge in [-0.3, -0.25) is 14.5 Å². The first-order chi connectivity index (χ1) is 9.63. The predicted octanol–water partition coefficient (Wildman–Crippen LogP) is 0.776. The average Bonchev–Trinajstić information content (AvgIpc) is 2.83. The lowest BCUT2D eigenvalue weighted by molar-refractivity contribution is -0.144. The lowest BCUT2D eigenvalue weighted by Crippen LogP contribution is -2.50. The van der Waals surface area contributed by atoms with Gasteiger partial charge < -0.3 is 10.4 Å². The Morgan fingerprint density at radius 2 is 2.10 bits per heavy atom. The van der Waals surface area contributed by atoms with Crippen LogP contribution in [0.2, 0.25) is 0 Å². The molecule has 0 aromatic heterocycles. The zero-order chi connectivity index (χ0) is 14.1. The van der Waals surface area contributed by atoms with Crippen molar-refractivity contribution < 1.29 is 14.7 Å². The van der Waals surface area contributed by atoms with E-state index < -0.39 is 12.0 Å². The van der Waals surface area contributed by atoms with E-state index in [0.717, 1.165) is 12.0 Å². The van der Waals surface area contributed by atoms with Crippen molar-refractivity contribution in [2.75, 3.05) is 6.54 Å². The Morgan fingerprint density at radius 1 is 1.35 bits per heavy atom. The van der Waals surface area contributed by atoms with E-state index in [9.17, 15) is 14.7 Å². The molecule has 1 aromatic rings. The smallest absolute Gasteiger partial charge is 0.321 e. The zero-order valence-corrected chi connectivity index (χ0v) is 11.2. The maximum Gasteiger partial charge on any atom is 0.321 e. The molecule has 1 fully saturated rings. The number of amides is 1. The van der Waals surface area contributed by atoms with Crippen molar-refractivity contribution in [1.29, 1.82) is 0 Å². The lowest BCUT2D eigenvalue weighted by Gasteiger charge is -2.35. The van der Waals surface area contributed by atoms with Crippen LogP contribution in [0.25, 0.3) is 0 Å². The Hall–Kier alpha value is -1.88. The van der Waals surface area contributed by atoms with E-state index in [1.54, 1.807) is 0 Å². The molecule has 5 nitrogen and oxygen atoms in total. The molecule has 1 saturated heterocycles. The molecule has 0 saturated carbocycles. The van der Waals surface area contributed by atoms with Gasteiger partial charge >= 0.3 is 5.97 Å². The van der Waals surface area contributed by atoms with Gasteiger partial charge in [-0.15, -0.1) is 0 Å². The molecule has 0 aliphatic carbocycles. The SMILES string of the molecule is O=C1CCC(CN2Cc3ccccc3CC2C(=O)O)N1. The molecule has 2 aliphatic heterocycles. The summed E-state index contributed by atoms with van der Waals surface area (Å²) in [4.78, 5) is 24.7. The number of carbonyl (C=O) groups excluding carboxylic acids is 1. The zero-order valence-electron chi connectivity index (χ0n) is 11.2. The number of hydrogen-bond donors (Lipinski definition) is 2. The van der Waals surface area contributed by atoms with Crippen LogP contribution in [0.5, 0.6) is 0 Å². The fourth-order valence-electron chi connectivity index (χ4n) is 3.11. The Balaban J connectivity index is 1.78. The maximum absolute atomic E-state index is 11.5. The second kappa shape index (κ2) is 5.25. The Morgan fingerprint density at radius 3 is 2.75 bits per heavy atom. The second-order valence-corrected chi connectivity index (χ2v) is 5.56. The number of carboxylic acids is 1. The molecule has 5 heteroatoms. The van der Waals surface area contributed by atoms with E-state index in [-0.39, 0.29) is 11.9 Å². The van der Waals surface area contributed by atoms with Gasteiger partial charge in [-0.25, -0.2) is 0 Å². The average molecular weight is 274 g/mol. The number of rotatable bonds is 3. The molecule has 0 radical (unpaired) electrons. The molecule has 0 spiro atoms. The number of benzene rings is 1. The van der Waals surface area contributed by atoms with Crippen LogP contribution in [-0.4, -0.2) is 40.5 Å². The topological polar surface area (TPSA) is 69.6 Å². The number of fused-ring (bicyclic) bond motifs is 1. The number of carbonyl (C=O) groups is 2. The largest absolute Gasteiger partial charge is 0.480 e. The second-order valence-electron chi connectivity index (χ2n) is 5.56. The van der Waals surface area contributed by atoms with Crippen LogP contribution in [0.1, 0.15) is 24.0 Å². The predicted molar refractivity (Wildman–Crippen MR) is 73.1 cm³/mol. The van der Waals surface area contributed by atoms with E-state index in [1.165, 1.54) is 5.56 Å². The molecule has 0 bridgehead atoms. The van der Waals surface area contributed by atoms with Crippen LogP contribution in [-0.2, 0) is 22.6 Å². The van der Waals surface area contributed by atoms with E-state index in [1.807, 2.05) is 29.2 Å². The van der Waals surface area contributed by atoms with Gasteiger partial charge in [0.05, 0.1) is 0 Å². The monoisotopic (exact) mass is 274 g/mol. The summed E-state index contributed by atoms with van der Waals surface area (Å²) in [5.41, 5.74) is 2.31. The molecule has 106 valence electrons. The number of nitrogens with zero attached hydrogens (tertiary/aromatic N) is 1. The highest BCUT2D eigenvalue weighted by molar-refractivity contribution is 5.78. The lowest BCUT2D eigenvalue weighted by atomic mass is 9.93. The highest BCUT2D eigenvalue weighted by Gasteiger charge is 2.34. The van der Waals surface area contributed by atoms with Gasteiger partial charge in [0, 0.05) is 25.6 Å². The third-order valence-corrected chi connectivity index (χ3v) is 4.17. The number of nitrogens with one attached hydrogen (secondary N) is 1. The number of carboxylic acid groups (broad SMARTS) is 1. The van der Waals surface area contributed by atoms with Crippen LogP contribution in [0, 0.1) is 0 Å². The molecule has 2 aliphatic rings. The molecular formula is C15H18N2O3. The van der Waals surface area contributed by atoms with Crippen molar-refractivity contribution in [3.8, 4) is 0 Å². The molecule has 3 rings (SSSR count). The Labute approximate surface area is 117 Å². The first kappa shape index (κ1) is 13.1. The van der Waals surface area contributed by atoms with E-state index >= 15 is 0 Å². The van der Waals surface area contributed by atoms with Gasteiger partial charge in [0.2, 0.25) is 5.91 Å². The molecule has 2 unspecified atom stereocenters. The van der Waals surface area contributed by atoms with Gasteiger partial charge in [0.15, 0.2) is 0 Å². The molecule has 1 aromatic carbocycles. The van der Waals surface area contributed by atoms with E-state index in [0.29, 0.717) is 25.9 Å². The van der Waals surface area contributed by atoms with Crippen molar-refractivity contribution in [2.24, 2.45) is 0 Å². The summed E-state index contributed by atoms with van der Waals surface area (Å²) in [6, 6.07) is 7.56. The number of aliphatic carboxylic acids is 1. The minimum absolute atomic E-state index is 0.0688. The summed E-state index contributed by atoms with van der Waals surface area (Å²) < 4.78 is 0. The Bertz CT molecular complexity index is 544. The van der Waals surface area contributed by atoms with Gasteiger partial charge in [-0.1, -0.05) is 24.3 Å². The number of hydrogen-bond acceptors (Lipinski definition) is 3. The summed E-state index contributed by atoms with van der Waals surface area (Å²) in [6.45, 7) is 1.25. The molecule has 2 atom stereocenters. The molecular weight excluding hydrogens is 256 g/mol. The van der Waals surface area contributed by atoms with E-state index in [4.69, 9.17) is 0 Å². The molecule has 2 N–H and O–H groups in total. The van der Waals surface area contributed by atoms with Gasteiger partial charge in [0.1, 0.15) is 6.04 Å². The minimum Gasteiger partial charge on any atom is -0.480 e. The third-order valence-electron chi connectivity index (χ3n) is 4.17. The first-order valence-corrected chi connectivity index (χ1v) is 6.96. The maximum atomic E-state index is 11.5. The molecule has 2 heterocycles. The fraction of sp³-hybridized carbons (Fsp3) is 0.467. The summed E-state index contributed by atoms with van der Waals surface area (Å²) in [7, 11) is 0. The van der Waals surface area contributed by atoms with Gasteiger partial charge in [0.25, 0.3) is 0 Å². The summed E-state index contributed by atoms with van der Waals surface area (Å²) in [5.74, 6) is -0.719. The standard InChI is InChI=1S/C15H18N2O3/c18-14-6-5-12(16-14)9-17-8-11-4-2-1-3-10(11)7-13(17)15(19)20/h1-4,12-13H,5-9H2,(H,16,18)(H,19,20). The van der Waals surface area contributed by atoms with Crippen molar-refractivity contribution in [3.63, 3.8) is 0 Å². The highest BCUT2D eigenvalue weighted by atomic mass is 16.4. The summed E-state index contributed by atoms with van der Waals surface area (Å²) in [6.07, 6.45) is 1.88. The van der Waals surface area contributed by atoms with Crippen molar-refractivity contribution in [2.45, 2.75) is 37.9 Å².